The van der Waals surface area contributed by atoms with Crippen LogP contribution in [-0.4, -0.2) is 22.5 Å². The zero-order valence-corrected chi connectivity index (χ0v) is 21.6. The highest BCUT2D eigenvalue weighted by molar-refractivity contribution is 9.10. The van der Waals surface area contributed by atoms with Gasteiger partial charge >= 0.3 is 0 Å². The third kappa shape index (κ3) is 5.85. The first kappa shape index (κ1) is 24.0. The van der Waals surface area contributed by atoms with Gasteiger partial charge in [0.05, 0.1) is 23.7 Å². The molecular weight excluding hydrogens is 502 g/mol. The molecular formula is C26H29BrClN3O2. The SMILES string of the molecule is CC(C)(C)COc1ccc(Cl)cc1C=Nn1c(C2CCCCC2)nc2ccc(Br)cc2c1=O. The molecule has 4 rings (SSSR count). The van der Waals surface area contributed by atoms with Crippen LogP contribution in [0.25, 0.3) is 10.9 Å². The van der Waals surface area contributed by atoms with E-state index in [4.69, 9.17) is 21.3 Å². The highest BCUT2D eigenvalue weighted by Gasteiger charge is 2.22. The van der Waals surface area contributed by atoms with Gasteiger partial charge in [-0.3, -0.25) is 4.79 Å². The van der Waals surface area contributed by atoms with E-state index in [0.717, 1.165) is 41.5 Å². The van der Waals surface area contributed by atoms with Gasteiger partial charge in [0, 0.05) is 21.0 Å². The number of benzene rings is 2. The molecule has 1 saturated carbocycles. The molecule has 1 aliphatic rings. The van der Waals surface area contributed by atoms with Gasteiger partial charge in [-0.25, -0.2) is 4.98 Å². The van der Waals surface area contributed by atoms with E-state index in [1.807, 2.05) is 18.2 Å². The summed E-state index contributed by atoms with van der Waals surface area (Å²) in [7, 11) is 0. The quantitative estimate of drug-likeness (QED) is 0.329. The zero-order chi connectivity index (χ0) is 23.6. The van der Waals surface area contributed by atoms with E-state index in [9.17, 15) is 4.79 Å². The van der Waals surface area contributed by atoms with Crippen molar-refractivity contribution in [2.45, 2.75) is 58.8 Å². The van der Waals surface area contributed by atoms with E-state index in [2.05, 4.69) is 41.8 Å². The molecule has 174 valence electrons. The Balaban J connectivity index is 1.80. The molecule has 1 aliphatic carbocycles. The number of hydrogen-bond acceptors (Lipinski definition) is 4. The molecule has 1 fully saturated rings. The van der Waals surface area contributed by atoms with Crippen LogP contribution in [0.2, 0.25) is 5.02 Å². The van der Waals surface area contributed by atoms with Gasteiger partial charge in [-0.2, -0.15) is 9.78 Å². The Morgan fingerprint density at radius 2 is 1.94 bits per heavy atom. The first-order valence-electron chi connectivity index (χ1n) is 11.4. The predicted octanol–water partition coefficient (Wildman–Crippen LogP) is 7.17. The molecule has 1 heterocycles. The van der Waals surface area contributed by atoms with Crippen molar-refractivity contribution in [3.05, 3.63) is 67.6 Å². The third-order valence-corrected chi connectivity index (χ3v) is 6.48. The Morgan fingerprint density at radius 1 is 1.18 bits per heavy atom. The summed E-state index contributed by atoms with van der Waals surface area (Å²) < 4.78 is 8.36. The van der Waals surface area contributed by atoms with Crippen molar-refractivity contribution in [2.75, 3.05) is 6.61 Å². The molecule has 0 N–H and O–H groups in total. The molecule has 33 heavy (non-hydrogen) atoms. The Hall–Kier alpha value is -2.18. The Bertz CT molecular complexity index is 1240. The molecule has 0 spiro atoms. The van der Waals surface area contributed by atoms with Crippen molar-refractivity contribution in [1.29, 1.82) is 0 Å². The fraction of sp³-hybridized carbons (Fsp3) is 0.423. The smallest absolute Gasteiger partial charge is 0.282 e. The van der Waals surface area contributed by atoms with E-state index in [1.54, 1.807) is 24.4 Å². The standard InChI is InChI=1S/C26H29BrClN3O2/c1-26(2,3)16-33-23-12-10-20(28)13-18(23)15-29-31-24(17-7-5-4-6-8-17)30-22-11-9-19(27)14-21(22)25(31)32/h9-15,17H,4-8,16H2,1-3H3. The summed E-state index contributed by atoms with van der Waals surface area (Å²) in [6.07, 6.45) is 7.19. The van der Waals surface area contributed by atoms with Gasteiger partial charge < -0.3 is 4.74 Å². The normalized spacial score (nSPS) is 15.4. The molecule has 0 amide bonds. The van der Waals surface area contributed by atoms with Crippen molar-refractivity contribution in [2.24, 2.45) is 10.5 Å². The lowest BCUT2D eigenvalue weighted by atomic mass is 9.88. The highest BCUT2D eigenvalue weighted by atomic mass is 79.9. The van der Waals surface area contributed by atoms with Crippen LogP contribution in [0.3, 0.4) is 0 Å². The molecule has 0 radical (unpaired) electrons. The average molecular weight is 531 g/mol. The van der Waals surface area contributed by atoms with E-state index in [0.29, 0.717) is 28.3 Å². The van der Waals surface area contributed by atoms with Crippen molar-refractivity contribution >= 4 is 44.6 Å². The second-order valence-electron chi connectivity index (χ2n) is 9.86. The largest absolute Gasteiger partial charge is 0.492 e. The fourth-order valence-electron chi connectivity index (χ4n) is 4.07. The molecule has 1 aromatic heterocycles. The highest BCUT2D eigenvalue weighted by Crippen LogP contribution is 2.32. The second kappa shape index (κ2) is 9.98. The van der Waals surface area contributed by atoms with Crippen molar-refractivity contribution in [3.63, 3.8) is 0 Å². The van der Waals surface area contributed by atoms with Gasteiger partial charge in [0.2, 0.25) is 0 Å². The van der Waals surface area contributed by atoms with E-state index in [-0.39, 0.29) is 16.9 Å². The summed E-state index contributed by atoms with van der Waals surface area (Å²) in [6.45, 7) is 6.90. The van der Waals surface area contributed by atoms with Gasteiger partial charge in [-0.05, 0) is 54.7 Å². The minimum atomic E-state index is -0.169. The minimum Gasteiger partial charge on any atom is -0.492 e. The third-order valence-electron chi connectivity index (χ3n) is 5.75. The van der Waals surface area contributed by atoms with Crippen LogP contribution in [0.1, 0.15) is 70.2 Å². The molecule has 0 atom stereocenters. The molecule has 3 aromatic rings. The number of aromatic nitrogens is 2. The lowest BCUT2D eigenvalue weighted by Crippen LogP contribution is -2.25. The Labute approximate surface area is 208 Å². The van der Waals surface area contributed by atoms with Crippen LogP contribution >= 0.6 is 27.5 Å². The van der Waals surface area contributed by atoms with Gasteiger partial charge in [-0.1, -0.05) is 67.6 Å². The minimum absolute atomic E-state index is 0.00872. The van der Waals surface area contributed by atoms with Gasteiger partial charge in [0.15, 0.2) is 0 Å². The first-order valence-corrected chi connectivity index (χ1v) is 12.6. The molecule has 0 saturated heterocycles. The number of halogens is 2. The van der Waals surface area contributed by atoms with Crippen LogP contribution in [-0.2, 0) is 0 Å². The maximum Gasteiger partial charge on any atom is 0.282 e. The topological polar surface area (TPSA) is 56.5 Å². The summed E-state index contributed by atoms with van der Waals surface area (Å²) >= 11 is 9.73. The molecule has 5 nitrogen and oxygen atoms in total. The predicted molar refractivity (Wildman–Crippen MR) is 139 cm³/mol. The average Bonchev–Trinajstić information content (AvgIpc) is 2.78. The Kier molecular flexibility index (Phi) is 7.25. The van der Waals surface area contributed by atoms with E-state index >= 15 is 0 Å². The number of nitrogens with zero attached hydrogens (tertiary/aromatic N) is 3. The van der Waals surface area contributed by atoms with Gasteiger partial charge in [0.25, 0.3) is 5.56 Å². The van der Waals surface area contributed by atoms with Crippen molar-refractivity contribution < 1.29 is 4.74 Å². The summed E-state index contributed by atoms with van der Waals surface area (Å²) in [4.78, 5) is 18.4. The molecule has 2 aromatic carbocycles. The lowest BCUT2D eigenvalue weighted by molar-refractivity contribution is 0.197. The summed E-state index contributed by atoms with van der Waals surface area (Å²) in [5, 5.41) is 5.76. The van der Waals surface area contributed by atoms with Crippen molar-refractivity contribution in [3.8, 4) is 5.75 Å². The van der Waals surface area contributed by atoms with Crippen molar-refractivity contribution in [1.82, 2.24) is 9.66 Å². The number of fused-ring (bicyclic) bond motifs is 1. The maximum atomic E-state index is 13.5. The van der Waals surface area contributed by atoms with Crippen LogP contribution in [0.15, 0.2) is 50.8 Å². The zero-order valence-electron chi connectivity index (χ0n) is 19.3. The van der Waals surface area contributed by atoms with Crippen LogP contribution in [0.4, 0.5) is 0 Å². The number of ether oxygens (including phenoxy) is 1. The molecule has 0 unspecified atom stereocenters. The molecule has 7 heteroatoms. The van der Waals surface area contributed by atoms with E-state index < -0.39 is 0 Å². The second-order valence-corrected chi connectivity index (χ2v) is 11.2. The maximum absolute atomic E-state index is 13.5. The molecule has 0 bridgehead atoms. The number of rotatable bonds is 5. The van der Waals surface area contributed by atoms with Crippen LogP contribution < -0.4 is 10.3 Å². The van der Waals surface area contributed by atoms with Gasteiger partial charge in [-0.15, -0.1) is 0 Å². The monoisotopic (exact) mass is 529 g/mol. The van der Waals surface area contributed by atoms with Crippen LogP contribution in [0.5, 0.6) is 5.75 Å². The summed E-state index contributed by atoms with van der Waals surface area (Å²) in [5.74, 6) is 1.62. The number of hydrogen-bond donors (Lipinski definition) is 0. The van der Waals surface area contributed by atoms with Gasteiger partial charge in [0.1, 0.15) is 11.6 Å². The van der Waals surface area contributed by atoms with E-state index in [1.165, 1.54) is 11.1 Å². The fourth-order valence-corrected chi connectivity index (χ4v) is 4.61. The molecule has 0 aliphatic heterocycles. The first-order chi connectivity index (χ1) is 15.7. The summed E-state index contributed by atoms with van der Waals surface area (Å²) in [5.41, 5.74) is 1.27. The van der Waals surface area contributed by atoms with Crippen LogP contribution in [0, 0.1) is 5.41 Å². The lowest BCUT2D eigenvalue weighted by Gasteiger charge is -2.23. The Morgan fingerprint density at radius 3 is 2.67 bits per heavy atom. The summed E-state index contributed by atoms with van der Waals surface area (Å²) in [6, 6.07) is 11.0.